The second kappa shape index (κ2) is 10.5. The first-order valence-corrected chi connectivity index (χ1v) is 17.1. The molecule has 0 aliphatic heterocycles. The molecule has 0 aliphatic rings. The molecule has 3 aromatic heterocycles. The van der Waals surface area contributed by atoms with E-state index in [0.717, 1.165) is 55.0 Å². The lowest BCUT2D eigenvalue weighted by molar-refractivity contribution is 0.668. The molecule has 0 spiro atoms. The number of nitrogens with zero attached hydrogens (tertiary/aromatic N) is 1. The topological polar surface area (TPSA) is 31.2 Å². The number of para-hydroxylation sites is 4. The third kappa shape index (κ3) is 3.98. The fourth-order valence-corrected chi connectivity index (χ4v) is 8.28. The van der Waals surface area contributed by atoms with Crippen LogP contribution in [-0.2, 0) is 0 Å². The lowest BCUT2D eigenvalue weighted by atomic mass is 9.82. The fraction of sp³-hybridized carbons (Fsp3) is 0.0213. The van der Waals surface area contributed by atoms with Gasteiger partial charge < -0.3 is 13.4 Å². The third-order valence-corrected chi connectivity index (χ3v) is 10.5. The molecule has 0 bridgehead atoms. The van der Waals surface area contributed by atoms with Gasteiger partial charge in [0.2, 0.25) is 0 Å². The Morgan fingerprint density at radius 1 is 0.380 bits per heavy atom. The maximum absolute atomic E-state index is 6.35. The lowest BCUT2D eigenvalue weighted by Gasteiger charge is -2.21. The molecule has 3 nitrogen and oxygen atoms in total. The van der Waals surface area contributed by atoms with Crippen molar-refractivity contribution < 1.29 is 8.83 Å². The molecule has 50 heavy (non-hydrogen) atoms. The molecule has 234 valence electrons. The molecular formula is C47H29NO2. The predicted molar refractivity (Wildman–Crippen MR) is 207 cm³/mol. The van der Waals surface area contributed by atoms with Gasteiger partial charge in [-0.05, 0) is 88.1 Å². The maximum atomic E-state index is 6.35. The van der Waals surface area contributed by atoms with Crippen molar-refractivity contribution in [2.45, 2.75) is 5.92 Å². The van der Waals surface area contributed by atoms with Crippen molar-refractivity contribution in [1.29, 1.82) is 0 Å². The quantitative estimate of drug-likeness (QED) is 0.179. The molecule has 0 N–H and O–H groups in total. The lowest BCUT2D eigenvalue weighted by Crippen LogP contribution is -2.04. The predicted octanol–water partition coefficient (Wildman–Crippen LogP) is 12.9. The van der Waals surface area contributed by atoms with Crippen LogP contribution in [0.2, 0.25) is 0 Å². The van der Waals surface area contributed by atoms with E-state index in [4.69, 9.17) is 8.83 Å². The first-order chi connectivity index (χ1) is 24.8. The van der Waals surface area contributed by atoms with E-state index in [1.165, 1.54) is 43.9 Å². The summed E-state index contributed by atoms with van der Waals surface area (Å²) < 4.78 is 15.0. The third-order valence-electron chi connectivity index (χ3n) is 10.5. The van der Waals surface area contributed by atoms with Gasteiger partial charge in [-0.3, -0.25) is 0 Å². The highest BCUT2D eigenvalue weighted by Crippen LogP contribution is 2.44. The Labute approximate surface area is 287 Å². The molecule has 1 unspecified atom stereocenters. The van der Waals surface area contributed by atoms with Crippen LogP contribution in [0.3, 0.4) is 0 Å². The highest BCUT2D eigenvalue weighted by atomic mass is 16.3. The number of rotatable bonds is 4. The second-order valence-electron chi connectivity index (χ2n) is 13.3. The number of hydrogen-bond acceptors (Lipinski definition) is 2. The summed E-state index contributed by atoms with van der Waals surface area (Å²) in [6, 6.07) is 61.0. The fourth-order valence-electron chi connectivity index (χ4n) is 8.28. The van der Waals surface area contributed by atoms with Crippen LogP contribution in [0, 0.1) is 0 Å². The van der Waals surface area contributed by atoms with Crippen molar-refractivity contribution >= 4 is 76.5 Å². The number of furan rings is 2. The zero-order valence-electron chi connectivity index (χ0n) is 27.0. The molecular weight excluding hydrogens is 611 g/mol. The smallest absolute Gasteiger partial charge is 0.136 e. The summed E-state index contributed by atoms with van der Waals surface area (Å²) in [6.07, 6.45) is 0. The molecule has 1 atom stereocenters. The van der Waals surface area contributed by atoms with Gasteiger partial charge in [-0.1, -0.05) is 109 Å². The van der Waals surface area contributed by atoms with Gasteiger partial charge in [0.25, 0.3) is 0 Å². The van der Waals surface area contributed by atoms with Crippen molar-refractivity contribution in [2.24, 2.45) is 0 Å². The monoisotopic (exact) mass is 639 g/mol. The molecule has 0 saturated carbocycles. The zero-order valence-corrected chi connectivity index (χ0v) is 27.0. The van der Waals surface area contributed by atoms with Crippen molar-refractivity contribution in [1.82, 2.24) is 4.57 Å². The Morgan fingerprint density at radius 3 is 1.82 bits per heavy atom. The van der Waals surface area contributed by atoms with Crippen LogP contribution in [0.25, 0.3) is 82.1 Å². The molecule has 0 radical (unpaired) electrons. The Balaban J connectivity index is 1.21. The minimum atomic E-state index is -0.0532. The van der Waals surface area contributed by atoms with E-state index >= 15 is 0 Å². The summed E-state index contributed by atoms with van der Waals surface area (Å²) in [5.41, 5.74) is 10.9. The SMILES string of the molecule is c1ccc(-n2c3ccccc3c3c(C(c4ccc5cc6c(cc5c4)oc4ccccc46)c4ccc5oc6ccccc6c5c4)cccc32)cc1. The number of fused-ring (bicyclic) bond motifs is 10. The summed E-state index contributed by atoms with van der Waals surface area (Å²) in [5, 5.41) is 9.42. The zero-order chi connectivity index (χ0) is 32.8. The minimum Gasteiger partial charge on any atom is -0.456 e. The summed E-state index contributed by atoms with van der Waals surface area (Å²) in [7, 11) is 0. The Bertz CT molecular complexity index is 3100. The van der Waals surface area contributed by atoms with Crippen molar-refractivity contribution in [3.05, 3.63) is 187 Å². The largest absolute Gasteiger partial charge is 0.456 e. The summed E-state index contributed by atoms with van der Waals surface area (Å²) >= 11 is 0. The summed E-state index contributed by atoms with van der Waals surface area (Å²) in [6.45, 7) is 0. The Morgan fingerprint density at radius 2 is 1.00 bits per heavy atom. The van der Waals surface area contributed by atoms with Crippen LogP contribution in [0.15, 0.2) is 179 Å². The highest BCUT2D eigenvalue weighted by Gasteiger charge is 2.24. The molecule has 0 aliphatic carbocycles. The van der Waals surface area contributed by atoms with Crippen molar-refractivity contribution in [3.8, 4) is 5.69 Å². The molecule has 11 rings (SSSR count). The van der Waals surface area contributed by atoms with Crippen LogP contribution < -0.4 is 0 Å². The van der Waals surface area contributed by atoms with Gasteiger partial charge in [0.05, 0.1) is 11.0 Å². The van der Waals surface area contributed by atoms with E-state index in [2.05, 4.69) is 150 Å². The van der Waals surface area contributed by atoms with Gasteiger partial charge in [0, 0.05) is 43.9 Å². The van der Waals surface area contributed by atoms with Gasteiger partial charge in [0.15, 0.2) is 0 Å². The average molecular weight is 640 g/mol. The van der Waals surface area contributed by atoms with Gasteiger partial charge in [-0.2, -0.15) is 0 Å². The number of aromatic nitrogens is 1. The van der Waals surface area contributed by atoms with Gasteiger partial charge >= 0.3 is 0 Å². The van der Waals surface area contributed by atoms with E-state index in [0.29, 0.717) is 0 Å². The molecule has 0 fully saturated rings. The first kappa shape index (κ1) is 27.4. The molecule has 0 saturated heterocycles. The number of benzene rings is 8. The van der Waals surface area contributed by atoms with Crippen molar-refractivity contribution in [2.75, 3.05) is 0 Å². The molecule has 3 heterocycles. The maximum Gasteiger partial charge on any atom is 0.136 e. The standard InChI is InChI=1S/C47H29NO2/c1-2-11-33(12-3-1)48-40-17-7-4-15-36(40)47-37(16-10-18-41(47)48)46(31-23-24-44-38(27-31)34-13-5-8-19-42(34)49-44)30-22-21-29-26-39-35-14-6-9-20-43(35)50-45(39)28-32(29)25-30/h1-28,46H. The normalized spacial score (nSPS) is 12.7. The van der Waals surface area contributed by atoms with E-state index < -0.39 is 0 Å². The summed E-state index contributed by atoms with van der Waals surface area (Å²) in [4.78, 5) is 0. The van der Waals surface area contributed by atoms with E-state index in [-0.39, 0.29) is 5.92 Å². The van der Waals surface area contributed by atoms with Crippen LogP contribution in [0.1, 0.15) is 22.6 Å². The molecule has 8 aromatic carbocycles. The highest BCUT2D eigenvalue weighted by molar-refractivity contribution is 6.12. The first-order valence-electron chi connectivity index (χ1n) is 17.1. The van der Waals surface area contributed by atoms with Crippen LogP contribution >= 0.6 is 0 Å². The van der Waals surface area contributed by atoms with Crippen LogP contribution in [-0.4, -0.2) is 4.57 Å². The van der Waals surface area contributed by atoms with E-state index in [1.54, 1.807) is 0 Å². The Hall–Kier alpha value is -6.58. The van der Waals surface area contributed by atoms with Gasteiger partial charge in [0.1, 0.15) is 22.3 Å². The average Bonchev–Trinajstić information content (AvgIpc) is 3.84. The van der Waals surface area contributed by atoms with Crippen molar-refractivity contribution in [3.63, 3.8) is 0 Å². The van der Waals surface area contributed by atoms with E-state index in [1.807, 2.05) is 24.3 Å². The Kier molecular flexibility index (Phi) is 5.73. The second-order valence-corrected chi connectivity index (χ2v) is 13.3. The van der Waals surface area contributed by atoms with E-state index in [9.17, 15) is 0 Å². The molecule has 0 amide bonds. The van der Waals surface area contributed by atoms with Gasteiger partial charge in [-0.25, -0.2) is 0 Å². The minimum absolute atomic E-state index is 0.0532. The number of hydrogen-bond donors (Lipinski definition) is 0. The van der Waals surface area contributed by atoms with Crippen LogP contribution in [0.5, 0.6) is 0 Å². The van der Waals surface area contributed by atoms with Crippen LogP contribution in [0.4, 0.5) is 0 Å². The summed E-state index contributed by atoms with van der Waals surface area (Å²) in [5.74, 6) is -0.0532. The molecule has 3 heteroatoms. The molecule has 11 aromatic rings. The van der Waals surface area contributed by atoms with Gasteiger partial charge in [-0.15, -0.1) is 0 Å².